The zero-order valence-corrected chi connectivity index (χ0v) is 9.12. The molecule has 0 aliphatic carbocycles. The van der Waals surface area contributed by atoms with Crippen molar-refractivity contribution < 1.29 is 14.2 Å². The summed E-state index contributed by atoms with van der Waals surface area (Å²) in [7, 11) is 0. The Hall–Kier alpha value is -0.160. The third-order valence-corrected chi connectivity index (χ3v) is 2.07. The largest absolute Gasteiger partial charge is 0.377 e. The van der Waals surface area contributed by atoms with E-state index in [1.807, 2.05) is 13.8 Å². The van der Waals surface area contributed by atoms with Crippen LogP contribution in [0.2, 0.25) is 0 Å². The summed E-state index contributed by atoms with van der Waals surface area (Å²) in [5.41, 5.74) is 0. The van der Waals surface area contributed by atoms with Crippen LogP contribution < -0.4 is 5.32 Å². The normalized spacial score (nSPS) is 22.9. The van der Waals surface area contributed by atoms with E-state index < -0.39 is 0 Å². The van der Waals surface area contributed by atoms with Crippen molar-refractivity contribution in [2.75, 3.05) is 33.1 Å². The quantitative estimate of drug-likeness (QED) is 0.647. The Kier molecular flexibility index (Phi) is 6.10. The van der Waals surface area contributed by atoms with Crippen molar-refractivity contribution in [1.29, 1.82) is 0 Å². The lowest BCUT2D eigenvalue weighted by Gasteiger charge is -2.23. The van der Waals surface area contributed by atoms with Gasteiger partial charge in [-0.05, 0) is 20.3 Å². The van der Waals surface area contributed by atoms with Crippen LogP contribution in [0.25, 0.3) is 0 Å². The van der Waals surface area contributed by atoms with Crippen molar-refractivity contribution in [2.45, 2.75) is 32.5 Å². The molecule has 1 aliphatic heterocycles. The third-order valence-electron chi connectivity index (χ3n) is 2.07. The molecule has 84 valence electrons. The lowest BCUT2D eigenvalue weighted by molar-refractivity contribution is -0.137. The van der Waals surface area contributed by atoms with Gasteiger partial charge in [0.25, 0.3) is 0 Å². The summed E-state index contributed by atoms with van der Waals surface area (Å²) in [5.74, 6) is 0. The molecule has 0 aromatic heterocycles. The van der Waals surface area contributed by atoms with Crippen molar-refractivity contribution in [1.82, 2.24) is 5.32 Å². The van der Waals surface area contributed by atoms with Crippen molar-refractivity contribution >= 4 is 0 Å². The van der Waals surface area contributed by atoms with E-state index in [0.717, 1.165) is 32.7 Å². The van der Waals surface area contributed by atoms with Crippen LogP contribution in [0.5, 0.6) is 0 Å². The average Bonchev–Trinajstić information content (AvgIpc) is 2.18. The minimum absolute atomic E-state index is 0.308. The van der Waals surface area contributed by atoms with Gasteiger partial charge < -0.3 is 19.5 Å². The predicted molar refractivity (Wildman–Crippen MR) is 54.3 cm³/mol. The molecule has 0 spiro atoms. The lowest BCUT2D eigenvalue weighted by atomic mass is 10.2. The third kappa shape index (κ3) is 5.54. The van der Waals surface area contributed by atoms with E-state index in [1.54, 1.807) is 0 Å². The summed E-state index contributed by atoms with van der Waals surface area (Å²) in [6.07, 6.45) is 1.61. The van der Waals surface area contributed by atoms with Crippen molar-refractivity contribution in [3.63, 3.8) is 0 Å². The summed E-state index contributed by atoms with van der Waals surface area (Å²) in [4.78, 5) is 0. The minimum atomic E-state index is 0.308. The van der Waals surface area contributed by atoms with Gasteiger partial charge >= 0.3 is 0 Å². The van der Waals surface area contributed by atoms with E-state index in [9.17, 15) is 0 Å². The van der Waals surface area contributed by atoms with E-state index in [-0.39, 0.29) is 0 Å². The van der Waals surface area contributed by atoms with Crippen molar-refractivity contribution in [2.24, 2.45) is 0 Å². The zero-order valence-electron chi connectivity index (χ0n) is 9.12. The highest BCUT2D eigenvalue weighted by Crippen LogP contribution is 2.03. The lowest BCUT2D eigenvalue weighted by Crippen LogP contribution is -2.35. The molecule has 1 N–H and O–H groups in total. The van der Waals surface area contributed by atoms with Crippen molar-refractivity contribution in [3.05, 3.63) is 0 Å². The summed E-state index contributed by atoms with van der Waals surface area (Å²) in [6.45, 7) is 7.89. The highest BCUT2D eigenvalue weighted by molar-refractivity contribution is 4.63. The van der Waals surface area contributed by atoms with E-state index in [2.05, 4.69) is 5.32 Å². The van der Waals surface area contributed by atoms with Gasteiger partial charge in [-0.2, -0.15) is 0 Å². The van der Waals surface area contributed by atoms with Gasteiger partial charge in [0.2, 0.25) is 0 Å². The summed E-state index contributed by atoms with van der Waals surface area (Å²) in [5, 5.41) is 3.30. The first-order valence-electron chi connectivity index (χ1n) is 5.30. The molecule has 1 atom stereocenters. The molecular weight excluding hydrogens is 182 g/mol. The van der Waals surface area contributed by atoms with Gasteiger partial charge in [0.15, 0.2) is 0 Å². The molecule has 0 radical (unpaired) electrons. The number of rotatable bonds is 6. The van der Waals surface area contributed by atoms with E-state index >= 15 is 0 Å². The molecule has 1 saturated heterocycles. The molecule has 4 nitrogen and oxygen atoms in total. The molecule has 1 aliphatic rings. The highest BCUT2D eigenvalue weighted by atomic mass is 16.7. The Bertz CT molecular complexity index is 135. The first-order valence-corrected chi connectivity index (χ1v) is 5.30. The van der Waals surface area contributed by atoms with Gasteiger partial charge in [-0.3, -0.25) is 0 Å². The van der Waals surface area contributed by atoms with Crippen molar-refractivity contribution in [3.8, 4) is 0 Å². The van der Waals surface area contributed by atoms with Crippen LogP contribution in [0.4, 0.5) is 0 Å². The second kappa shape index (κ2) is 7.17. The van der Waals surface area contributed by atoms with Crippen LogP contribution in [0, 0.1) is 0 Å². The molecular formula is C10H21NO3. The Morgan fingerprint density at radius 1 is 1.50 bits per heavy atom. The summed E-state index contributed by atoms with van der Waals surface area (Å²) < 4.78 is 15.9. The smallest absolute Gasteiger partial charge is 0.147 e. The Labute approximate surface area is 85.9 Å². The maximum absolute atomic E-state index is 5.40. The molecule has 0 aromatic rings. The van der Waals surface area contributed by atoms with Crippen LogP contribution in [-0.4, -0.2) is 45.3 Å². The summed E-state index contributed by atoms with van der Waals surface area (Å²) in [6, 6.07) is 0. The van der Waals surface area contributed by atoms with Gasteiger partial charge in [-0.15, -0.1) is 0 Å². The van der Waals surface area contributed by atoms with Crippen LogP contribution in [-0.2, 0) is 14.2 Å². The standard InChI is InChI=1S/C10H21NO3/c1-9(2)13-6-4-11-7-10-3-5-12-8-14-10/h9-11H,3-8H2,1-2H3. The maximum atomic E-state index is 5.40. The molecule has 1 rings (SSSR count). The van der Waals surface area contributed by atoms with E-state index in [1.165, 1.54) is 0 Å². The van der Waals surface area contributed by atoms with E-state index in [0.29, 0.717) is 19.0 Å². The average molecular weight is 203 g/mol. The molecule has 0 bridgehead atoms. The fraction of sp³-hybridized carbons (Fsp3) is 1.00. The highest BCUT2D eigenvalue weighted by Gasteiger charge is 2.12. The molecule has 0 amide bonds. The number of nitrogens with one attached hydrogen (secondary N) is 1. The van der Waals surface area contributed by atoms with Gasteiger partial charge in [-0.1, -0.05) is 0 Å². The first kappa shape index (κ1) is 11.9. The second-order valence-electron chi connectivity index (χ2n) is 3.73. The molecule has 4 heteroatoms. The summed E-state index contributed by atoms with van der Waals surface area (Å²) >= 11 is 0. The topological polar surface area (TPSA) is 39.7 Å². The van der Waals surface area contributed by atoms with Crippen LogP contribution in [0.15, 0.2) is 0 Å². The molecule has 0 aromatic carbocycles. The monoisotopic (exact) mass is 203 g/mol. The van der Waals surface area contributed by atoms with Gasteiger partial charge in [0.1, 0.15) is 6.79 Å². The second-order valence-corrected chi connectivity index (χ2v) is 3.73. The van der Waals surface area contributed by atoms with Crippen LogP contribution in [0.3, 0.4) is 0 Å². The molecule has 1 heterocycles. The maximum Gasteiger partial charge on any atom is 0.147 e. The minimum Gasteiger partial charge on any atom is -0.377 e. The fourth-order valence-electron chi connectivity index (χ4n) is 1.29. The molecule has 14 heavy (non-hydrogen) atoms. The molecule has 1 fully saturated rings. The Morgan fingerprint density at radius 2 is 2.36 bits per heavy atom. The number of hydrogen-bond acceptors (Lipinski definition) is 4. The number of hydrogen-bond donors (Lipinski definition) is 1. The Balaban J connectivity index is 1.87. The van der Waals surface area contributed by atoms with Gasteiger partial charge in [0.05, 0.1) is 25.4 Å². The molecule has 1 unspecified atom stereocenters. The first-order chi connectivity index (χ1) is 6.79. The molecule has 0 saturated carbocycles. The van der Waals surface area contributed by atoms with Crippen LogP contribution in [0.1, 0.15) is 20.3 Å². The van der Waals surface area contributed by atoms with Gasteiger partial charge in [0, 0.05) is 13.1 Å². The fourth-order valence-corrected chi connectivity index (χ4v) is 1.29. The van der Waals surface area contributed by atoms with Gasteiger partial charge in [-0.25, -0.2) is 0 Å². The Morgan fingerprint density at radius 3 is 3.00 bits per heavy atom. The SMILES string of the molecule is CC(C)OCCNCC1CCOCO1. The zero-order chi connectivity index (χ0) is 10.2. The van der Waals surface area contributed by atoms with E-state index in [4.69, 9.17) is 14.2 Å². The predicted octanol–water partition coefficient (Wildman–Crippen LogP) is 0.764. The number of ether oxygens (including phenoxy) is 3. The van der Waals surface area contributed by atoms with Crippen LogP contribution >= 0.6 is 0 Å².